The Kier molecular flexibility index (Phi) is 3.99. The lowest BCUT2D eigenvalue weighted by molar-refractivity contribution is -0.00796. The fourth-order valence-corrected chi connectivity index (χ4v) is 2.86. The standard InChI is InChI=1S/C11H23BO4Si/c1-11(2,3)17(4,5)16-9-8(14)7(6-13)15-10(9)12/h7-10,13-14H,6H2,1-5H3/t7-,8+,9?,10-/m1/s1/i14D. The summed E-state index contributed by atoms with van der Waals surface area (Å²) in [6.45, 7) is 10.4. The molecule has 2 radical (unpaired) electrons. The third kappa shape index (κ3) is 3.12. The van der Waals surface area contributed by atoms with Gasteiger partial charge in [0.2, 0.25) is 1.43 Å². The molecule has 0 aromatic rings. The van der Waals surface area contributed by atoms with Crippen LogP contribution in [0.25, 0.3) is 0 Å². The van der Waals surface area contributed by atoms with Gasteiger partial charge in [0.05, 0.1) is 12.7 Å². The molecule has 6 heteroatoms. The van der Waals surface area contributed by atoms with Gasteiger partial charge in [0.15, 0.2) is 8.32 Å². The van der Waals surface area contributed by atoms with Crippen molar-refractivity contribution in [2.45, 2.75) is 63.2 Å². The maximum atomic E-state index is 9.17. The topological polar surface area (TPSA) is 58.9 Å². The van der Waals surface area contributed by atoms with E-state index >= 15 is 0 Å². The van der Waals surface area contributed by atoms with E-state index < -0.39 is 32.6 Å². The molecule has 1 unspecified atom stereocenters. The molecule has 1 aliphatic rings. The Balaban J connectivity index is 2.82. The first-order chi connectivity index (χ1) is 8.14. The van der Waals surface area contributed by atoms with E-state index in [4.69, 9.17) is 18.4 Å². The third-order valence-electron chi connectivity index (χ3n) is 3.76. The SMILES string of the molecule is [2H]O[C@@H]1C(O[Si](C)(C)C(C)(C)C)[C@H]([B])O[C@@H]1CO. The van der Waals surface area contributed by atoms with Crippen molar-refractivity contribution < 1.29 is 19.4 Å². The minimum atomic E-state index is -2.02. The van der Waals surface area contributed by atoms with Gasteiger partial charge in [-0.15, -0.1) is 0 Å². The van der Waals surface area contributed by atoms with Crippen molar-refractivity contribution in [1.82, 2.24) is 0 Å². The maximum absolute atomic E-state index is 9.17. The summed E-state index contributed by atoms with van der Waals surface area (Å²) >= 11 is 0. The number of rotatable bonds is 4. The zero-order valence-electron chi connectivity index (χ0n) is 12.3. The van der Waals surface area contributed by atoms with Gasteiger partial charge in [-0.25, -0.2) is 0 Å². The molecule has 4 atom stereocenters. The zero-order chi connectivity index (χ0) is 14.1. The zero-order valence-corrected chi connectivity index (χ0v) is 12.3. The molecule has 0 aromatic heterocycles. The molecule has 1 rings (SSSR count). The molecule has 17 heavy (non-hydrogen) atoms. The Morgan fingerprint density at radius 2 is 2.06 bits per heavy atom. The van der Waals surface area contributed by atoms with E-state index in [1.54, 1.807) is 0 Å². The van der Waals surface area contributed by atoms with E-state index in [-0.39, 0.29) is 11.6 Å². The van der Waals surface area contributed by atoms with Crippen LogP contribution < -0.4 is 0 Å². The summed E-state index contributed by atoms with van der Waals surface area (Å²) in [6, 6.07) is -0.661. The van der Waals surface area contributed by atoms with E-state index in [1.165, 1.54) is 0 Å². The smallest absolute Gasteiger partial charge is 0.211 e. The minimum absolute atomic E-state index is 0.0383. The highest BCUT2D eigenvalue weighted by Gasteiger charge is 2.47. The lowest BCUT2D eigenvalue weighted by atomic mass is 9.93. The van der Waals surface area contributed by atoms with Crippen LogP contribution >= 0.6 is 0 Å². The Morgan fingerprint density at radius 3 is 2.47 bits per heavy atom. The quantitative estimate of drug-likeness (QED) is 0.727. The van der Waals surface area contributed by atoms with E-state index in [1.807, 2.05) is 0 Å². The van der Waals surface area contributed by atoms with Crippen molar-refractivity contribution >= 4 is 16.2 Å². The van der Waals surface area contributed by atoms with Gasteiger partial charge in [0, 0.05) is 6.00 Å². The Hall–Kier alpha value is 0.122. The number of aliphatic hydroxyl groups excluding tert-OH is 2. The van der Waals surface area contributed by atoms with Gasteiger partial charge in [-0.1, -0.05) is 20.8 Å². The molecule has 0 bridgehead atoms. The average molecular weight is 259 g/mol. The van der Waals surface area contributed by atoms with Crippen LogP contribution in [0, 0.1) is 0 Å². The van der Waals surface area contributed by atoms with Crippen molar-refractivity contribution in [1.29, 1.82) is 1.43 Å². The Labute approximate surface area is 107 Å². The van der Waals surface area contributed by atoms with Crippen LogP contribution in [0.2, 0.25) is 18.1 Å². The number of hydrogen-bond acceptors (Lipinski definition) is 4. The van der Waals surface area contributed by atoms with Crippen LogP contribution in [-0.4, -0.2) is 58.7 Å². The third-order valence-corrected chi connectivity index (χ3v) is 8.24. The summed E-state index contributed by atoms with van der Waals surface area (Å²) < 4.78 is 18.6. The molecular weight excluding hydrogens is 235 g/mol. The highest BCUT2D eigenvalue weighted by Crippen LogP contribution is 2.39. The van der Waals surface area contributed by atoms with Crippen molar-refractivity contribution in [2.75, 3.05) is 6.61 Å². The fourth-order valence-electron chi connectivity index (χ4n) is 1.55. The first kappa shape index (κ1) is 13.6. The van der Waals surface area contributed by atoms with Gasteiger partial charge in [-0.05, 0) is 18.1 Å². The van der Waals surface area contributed by atoms with Gasteiger partial charge >= 0.3 is 0 Å². The largest absolute Gasteiger partial charge is 0.409 e. The molecule has 0 spiro atoms. The van der Waals surface area contributed by atoms with E-state index in [9.17, 15) is 5.11 Å². The predicted octanol–water partition coefficient (Wildman–Crippen LogP) is 0.623. The second-order valence-corrected chi connectivity index (χ2v) is 10.9. The molecule has 4 nitrogen and oxygen atoms in total. The first-order valence-corrected chi connectivity index (χ1v) is 8.86. The van der Waals surface area contributed by atoms with Crippen LogP contribution in [0.15, 0.2) is 0 Å². The molecule has 0 aromatic carbocycles. The highest BCUT2D eigenvalue weighted by atomic mass is 28.4. The van der Waals surface area contributed by atoms with Crippen LogP contribution in [0.5, 0.6) is 0 Å². The summed E-state index contributed by atoms with van der Waals surface area (Å²) in [5, 5.41) is 13.8. The predicted molar refractivity (Wildman–Crippen MR) is 69.6 cm³/mol. The summed E-state index contributed by atoms with van der Waals surface area (Å²) in [5.74, 6) is 0. The van der Waals surface area contributed by atoms with Crippen LogP contribution in [0.4, 0.5) is 0 Å². The van der Waals surface area contributed by atoms with E-state index in [0.29, 0.717) is 0 Å². The molecule has 2 N–H and O–H groups in total. The summed E-state index contributed by atoms with van der Waals surface area (Å²) in [7, 11) is 3.84. The molecule has 1 aliphatic heterocycles. The normalized spacial score (nSPS) is 36.0. The number of aliphatic hydroxyl groups is 2. The number of ether oxygens (including phenoxy) is 1. The summed E-state index contributed by atoms with van der Waals surface area (Å²) in [4.78, 5) is 0. The summed E-state index contributed by atoms with van der Waals surface area (Å²) in [5.41, 5.74) is 0. The molecule has 0 aliphatic carbocycles. The second-order valence-electron chi connectivity index (χ2n) is 6.13. The average Bonchev–Trinajstić information content (AvgIpc) is 2.53. The highest BCUT2D eigenvalue weighted by molar-refractivity contribution is 6.74. The van der Waals surface area contributed by atoms with Gasteiger partial charge in [0.1, 0.15) is 20.1 Å². The van der Waals surface area contributed by atoms with Crippen molar-refractivity contribution in [3.05, 3.63) is 0 Å². The first-order valence-electron chi connectivity index (χ1n) is 6.36. The van der Waals surface area contributed by atoms with Gasteiger partial charge in [-0.2, -0.15) is 0 Å². The Bertz CT molecular complexity index is 285. The molecule has 0 amide bonds. The van der Waals surface area contributed by atoms with E-state index in [2.05, 4.69) is 39.0 Å². The van der Waals surface area contributed by atoms with E-state index in [0.717, 1.165) is 0 Å². The molecule has 0 saturated carbocycles. The summed E-state index contributed by atoms with van der Waals surface area (Å²) in [6.07, 6.45) is -1.73. The maximum Gasteiger partial charge on any atom is 0.211 e. The van der Waals surface area contributed by atoms with Crippen LogP contribution in [-0.2, 0) is 9.16 Å². The number of hydrogen-bond donors (Lipinski definition) is 2. The molecule has 1 fully saturated rings. The minimum Gasteiger partial charge on any atom is -0.409 e. The van der Waals surface area contributed by atoms with Crippen LogP contribution in [0.3, 0.4) is 0 Å². The molecule has 98 valence electrons. The lowest BCUT2D eigenvalue weighted by Gasteiger charge is -2.39. The lowest BCUT2D eigenvalue weighted by Crippen LogP contribution is -2.49. The molecule has 1 saturated heterocycles. The van der Waals surface area contributed by atoms with Crippen molar-refractivity contribution in [2.24, 2.45) is 0 Å². The van der Waals surface area contributed by atoms with Crippen molar-refractivity contribution in [3.63, 3.8) is 0 Å². The van der Waals surface area contributed by atoms with Gasteiger partial charge in [-0.3, -0.25) is 0 Å². The second kappa shape index (κ2) is 5.01. The molecule has 1 heterocycles. The monoisotopic (exact) mass is 259 g/mol. The fraction of sp³-hybridized carbons (Fsp3) is 1.00. The Morgan fingerprint density at radius 1 is 1.47 bits per heavy atom. The van der Waals surface area contributed by atoms with Gasteiger partial charge in [0.25, 0.3) is 0 Å². The van der Waals surface area contributed by atoms with Crippen molar-refractivity contribution in [3.8, 4) is 0 Å². The molecular formula is C11H23BO4Si. The van der Waals surface area contributed by atoms with Gasteiger partial charge < -0.3 is 19.4 Å². The van der Waals surface area contributed by atoms with Crippen LogP contribution in [0.1, 0.15) is 20.8 Å².